The number of nitro groups is 1. The van der Waals surface area contributed by atoms with Crippen LogP contribution in [0, 0.1) is 17.0 Å². The molecule has 0 saturated carbocycles. The number of aryl methyl sites for hydroxylation is 1. The van der Waals surface area contributed by atoms with Gasteiger partial charge in [-0.3, -0.25) is 10.1 Å². The second-order valence-corrected chi connectivity index (χ2v) is 6.31. The van der Waals surface area contributed by atoms with Crippen molar-refractivity contribution in [3.8, 4) is 17.4 Å². The van der Waals surface area contributed by atoms with Gasteiger partial charge in [-0.25, -0.2) is 14.6 Å². The predicted octanol–water partition coefficient (Wildman–Crippen LogP) is 3.89. The maximum Gasteiger partial charge on any atom is 0.287 e. The molecule has 0 unspecified atom stereocenters. The Morgan fingerprint density at radius 2 is 1.90 bits per heavy atom. The fraction of sp³-hybridized carbons (Fsp3) is 0.150. The van der Waals surface area contributed by atoms with Crippen molar-refractivity contribution in [1.82, 2.24) is 19.7 Å². The van der Waals surface area contributed by atoms with Crippen LogP contribution in [0.3, 0.4) is 0 Å². The number of aromatic nitrogens is 4. The van der Waals surface area contributed by atoms with Crippen molar-refractivity contribution in [3.05, 3.63) is 76.2 Å². The van der Waals surface area contributed by atoms with Crippen molar-refractivity contribution in [2.45, 2.75) is 13.5 Å². The number of hydrogen-bond donors (Lipinski definition) is 0. The van der Waals surface area contributed by atoms with Gasteiger partial charge in [0, 0.05) is 24.4 Å². The summed E-state index contributed by atoms with van der Waals surface area (Å²) < 4.78 is 12.9. The van der Waals surface area contributed by atoms with Gasteiger partial charge in [-0.2, -0.15) is 5.10 Å². The average molecular weight is 391 g/mol. The minimum absolute atomic E-state index is 0.0966. The lowest BCUT2D eigenvalue weighted by Gasteiger charge is -2.07. The quantitative estimate of drug-likeness (QED) is 0.363. The summed E-state index contributed by atoms with van der Waals surface area (Å²) in [6.07, 6.45) is 2.79. The Bertz CT molecular complexity index is 1170. The number of hydrogen-bond acceptors (Lipinski definition) is 7. The van der Waals surface area contributed by atoms with E-state index in [0.29, 0.717) is 17.9 Å². The lowest BCUT2D eigenvalue weighted by Crippen LogP contribution is -2.03. The molecule has 0 aliphatic carbocycles. The number of rotatable bonds is 6. The molecule has 146 valence electrons. The van der Waals surface area contributed by atoms with Crippen LogP contribution in [0.25, 0.3) is 11.0 Å². The molecule has 0 saturated heterocycles. The van der Waals surface area contributed by atoms with Gasteiger partial charge in [0.05, 0.1) is 29.7 Å². The van der Waals surface area contributed by atoms with Crippen molar-refractivity contribution in [2.24, 2.45) is 0 Å². The van der Waals surface area contributed by atoms with Gasteiger partial charge in [-0.05, 0) is 24.6 Å². The highest BCUT2D eigenvalue weighted by Crippen LogP contribution is 2.31. The Morgan fingerprint density at radius 1 is 1.10 bits per heavy atom. The highest BCUT2D eigenvalue weighted by molar-refractivity contribution is 5.85. The van der Waals surface area contributed by atoms with Crippen molar-refractivity contribution < 1.29 is 14.4 Å². The van der Waals surface area contributed by atoms with E-state index in [4.69, 9.17) is 9.47 Å². The van der Waals surface area contributed by atoms with E-state index < -0.39 is 4.92 Å². The first-order valence-corrected chi connectivity index (χ1v) is 8.78. The molecular formula is C20H17N5O4. The largest absolute Gasteiger partial charge is 0.497 e. The molecule has 3 aromatic heterocycles. The number of nitrogens with zero attached hydrogens (tertiary/aromatic N) is 5. The zero-order valence-electron chi connectivity index (χ0n) is 15.8. The van der Waals surface area contributed by atoms with Gasteiger partial charge in [0.1, 0.15) is 17.7 Å². The SMILES string of the molecule is COc1ccc(Cn2nc(C)c3c(Oc4ccc([N+](=O)[O-])cn4)ccnc32)cc1. The first-order chi connectivity index (χ1) is 14.0. The molecule has 0 aliphatic heterocycles. The molecule has 0 radical (unpaired) electrons. The Morgan fingerprint density at radius 3 is 2.55 bits per heavy atom. The molecule has 0 amide bonds. The molecule has 29 heavy (non-hydrogen) atoms. The monoisotopic (exact) mass is 391 g/mol. The number of fused-ring (bicyclic) bond motifs is 1. The molecule has 1 aromatic carbocycles. The molecule has 0 N–H and O–H groups in total. The van der Waals surface area contributed by atoms with Crippen LogP contribution < -0.4 is 9.47 Å². The van der Waals surface area contributed by atoms with E-state index in [-0.39, 0.29) is 11.6 Å². The van der Waals surface area contributed by atoms with Crippen molar-refractivity contribution in [3.63, 3.8) is 0 Å². The average Bonchev–Trinajstić information content (AvgIpc) is 3.05. The number of pyridine rings is 2. The molecule has 0 aliphatic rings. The molecule has 3 heterocycles. The van der Waals surface area contributed by atoms with Crippen molar-refractivity contribution in [2.75, 3.05) is 7.11 Å². The van der Waals surface area contributed by atoms with Crippen LogP contribution in [0.15, 0.2) is 54.9 Å². The molecule has 4 rings (SSSR count). The summed E-state index contributed by atoms with van der Waals surface area (Å²) >= 11 is 0. The number of ether oxygens (including phenoxy) is 2. The van der Waals surface area contributed by atoms with Crippen LogP contribution in [0.2, 0.25) is 0 Å². The van der Waals surface area contributed by atoms with Crippen LogP contribution in [0.4, 0.5) is 5.69 Å². The van der Waals surface area contributed by atoms with Gasteiger partial charge >= 0.3 is 0 Å². The zero-order valence-corrected chi connectivity index (χ0v) is 15.8. The van der Waals surface area contributed by atoms with E-state index in [1.165, 1.54) is 12.1 Å². The Balaban J connectivity index is 1.65. The highest BCUT2D eigenvalue weighted by atomic mass is 16.6. The maximum absolute atomic E-state index is 10.8. The number of benzene rings is 1. The smallest absolute Gasteiger partial charge is 0.287 e. The molecule has 9 nitrogen and oxygen atoms in total. The summed E-state index contributed by atoms with van der Waals surface area (Å²) in [4.78, 5) is 18.7. The topological polar surface area (TPSA) is 105 Å². The van der Waals surface area contributed by atoms with E-state index >= 15 is 0 Å². The first-order valence-electron chi connectivity index (χ1n) is 8.78. The summed E-state index contributed by atoms with van der Waals surface area (Å²) in [5.41, 5.74) is 2.40. The van der Waals surface area contributed by atoms with Gasteiger partial charge in [-0.15, -0.1) is 0 Å². The number of methoxy groups -OCH3 is 1. The minimum Gasteiger partial charge on any atom is -0.497 e. The predicted molar refractivity (Wildman–Crippen MR) is 105 cm³/mol. The second-order valence-electron chi connectivity index (χ2n) is 6.31. The van der Waals surface area contributed by atoms with Gasteiger partial charge in [0.15, 0.2) is 5.65 Å². The molecule has 0 atom stereocenters. The summed E-state index contributed by atoms with van der Waals surface area (Å²) in [6, 6.07) is 12.3. The highest BCUT2D eigenvalue weighted by Gasteiger charge is 2.15. The molecule has 0 fully saturated rings. The van der Waals surface area contributed by atoms with E-state index in [0.717, 1.165) is 28.6 Å². The van der Waals surface area contributed by atoms with Gasteiger partial charge in [0.25, 0.3) is 5.69 Å². The maximum atomic E-state index is 10.8. The van der Waals surface area contributed by atoms with Crippen LogP contribution in [0.1, 0.15) is 11.3 Å². The molecule has 9 heteroatoms. The van der Waals surface area contributed by atoms with Gasteiger partial charge in [0.2, 0.25) is 5.88 Å². The van der Waals surface area contributed by atoms with E-state index in [9.17, 15) is 10.1 Å². The van der Waals surface area contributed by atoms with E-state index in [1.807, 2.05) is 35.9 Å². The summed E-state index contributed by atoms with van der Waals surface area (Å²) in [5, 5.41) is 16.1. The van der Waals surface area contributed by atoms with Crippen molar-refractivity contribution >= 4 is 16.7 Å². The summed E-state index contributed by atoms with van der Waals surface area (Å²) in [6.45, 7) is 2.42. The lowest BCUT2D eigenvalue weighted by molar-refractivity contribution is -0.385. The minimum atomic E-state index is -0.505. The van der Waals surface area contributed by atoms with Gasteiger partial charge < -0.3 is 9.47 Å². The normalized spacial score (nSPS) is 10.8. The third-order valence-corrected chi connectivity index (χ3v) is 4.41. The van der Waals surface area contributed by atoms with Crippen LogP contribution in [-0.4, -0.2) is 31.8 Å². The van der Waals surface area contributed by atoms with Crippen LogP contribution in [0.5, 0.6) is 17.4 Å². The van der Waals surface area contributed by atoms with Crippen molar-refractivity contribution in [1.29, 1.82) is 0 Å². The molecule has 4 aromatic rings. The lowest BCUT2D eigenvalue weighted by atomic mass is 10.2. The third-order valence-electron chi connectivity index (χ3n) is 4.41. The molecule has 0 bridgehead atoms. The Hall–Kier alpha value is -4.01. The zero-order chi connectivity index (χ0) is 20.4. The molecule has 0 spiro atoms. The second kappa shape index (κ2) is 7.55. The third kappa shape index (κ3) is 3.70. The Kier molecular flexibility index (Phi) is 4.78. The van der Waals surface area contributed by atoms with Gasteiger partial charge in [-0.1, -0.05) is 12.1 Å². The molecular weight excluding hydrogens is 374 g/mol. The van der Waals surface area contributed by atoms with Crippen LogP contribution in [-0.2, 0) is 6.54 Å². The summed E-state index contributed by atoms with van der Waals surface area (Å²) in [5.74, 6) is 1.58. The van der Waals surface area contributed by atoms with Crippen LogP contribution >= 0.6 is 0 Å². The van der Waals surface area contributed by atoms with E-state index in [1.54, 1.807) is 19.4 Å². The standard InChI is InChI=1S/C20H17N5O4/c1-13-19-17(29-18-8-5-15(11-22-18)25(26)27)9-10-21-20(19)24(23-13)12-14-3-6-16(28-2)7-4-14/h3-11H,12H2,1-2H3. The van der Waals surface area contributed by atoms with E-state index in [2.05, 4.69) is 15.1 Å². The summed E-state index contributed by atoms with van der Waals surface area (Å²) in [7, 11) is 1.63. The first kappa shape index (κ1) is 18.4. The fourth-order valence-electron chi connectivity index (χ4n) is 3.00. The fourth-order valence-corrected chi connectivity index (χ4v) is 3.00. The Labute approximate surface area is 165 Å².